The van der Waals surface area contributed by atoms with Gasteiger partial charge in [-0.05, 0) is 36.4 Å². The van der Waals surface area contributed by atoms with Crippen LogP contribution in [-0.4, -0.2) is 20.0 Å². The van der Waals surface area contributed by atoms with Gasteiger partial charge in [-0.25, -0.2) is 4.39 Å². The van der Waals surface area contributed by atoms with Crippen LogP contribution in [0.3, 0.4) is 0 Å². The molecule has 0 radical (unpaired) electrons. The van der Waals surface area contributed by atoms with Crippen molar-refractivity contribution in [2.45, 2.75) is 0 Å². The van der Waals surface area contributed by atoms with Crippen LogP contribution in [0.4, 0.5) is 10.2 Å². The molecule has 1 aromatic carbocycles. The Bertz CT molecular complexity index is 691. The molecule has 94 valence electrons. The van der Waals surface area contributed by atoms with E-state index in [1.807, 2.05) is 12.1 Å². The van der Waals surface area contributed by atoms with Gasteiger partial charge in [-0.2, -0.15) is 4.68 Å². The summed E-state index contributed by atoms with van der Waals surface area (Å²) in [6.45, 7) is 0. The topological polar surface area (TPSA) is 69.6 Å². The Morgan fingerprint density at radius 2 is 1.84 bits per heavy atom. The van der Waals surface area contributed by atoms with E-state index in [0.29, 0.717) is 22.9 Å². The molecule has 0 aliphatic heterocycles. The first-order valence-electron chi connectivity index (χ1n) is 5.64. The lowest BCUT2D eigenvalue weighted by Crippen LogP contribution is -2.02. The van der Waals surface area contributed by atoms with Crippen molar-refractivity contribution in [2.24, 2.45) is 0 Å². The summed E-state index contributed by atoms with van der Waals surface area (Å²) in [6, 6.07) is 11.3. The zero-order chi connectivity index (χ0) is 13.2. The van der Waals surface area contributed by atoms with Gasteiger partial charge in [-0.15, -0.1) is 5.10 Å². The predicted molar refractivity (Wildman–Crippen MR) is 69.0 cm³/mol. The fourth-order valence-corrected chi connectivity index (χ4v) is 1.75. The SMILES string of the molecule is Nc1c(-c2ccccn2)nnn1-c1ccc(F)cc1. The highest BCUT2D eigenvalue weighted by molar-refractivity contribution is 5.67. The Hall–Kier alpha value is -2.76. The van der Waals surface area contributed by atoms with Crippen LogP contribution in [0.25, 0.3) is 17.1 Å². The van der Waals surface area contributed by atoms with Crippen molar-refractivity contribution in [1.29, 1.82) is 0 Å². The zero-order valence-corrected chi connectivity index (χ0v) is 9.86. The van der Waals surface area contributed by atoms with Gasteiger partial charge in [0.05, 0.1) is 11.4 Å². The lowest BCUT2D eigenvalue weighted by atomic mass is 10.2. The normalized spacial score (nSPS) is 10.6. The highest BCUT2D eigenvalue weighted by Crippen LogP contribution is 2.23. The molecular formula is C13H10FN5. The van der Waals surface area contributed by atoms with Gasteiger partial charge < -0.3 is 5.73 Å². The molecule has 0 bridgehead atoms. The molecule has 0 aliphatic rings. The largest absolute Gasteiger partial charge is 0.382 e. The van der Waals surface area contributed by atoms with Crippen LogP contribution in [0.1, 0.15) is 0 Å². The van der Waals surface area contributed by atoms with Crippen LogP contribution in [0.15, 0.2) is 48.7 Å². The molecule has 0 unspecified atom stereocenters. The Balaban J connectivity index is 2.06. The molecule has 3 aromatic rings. The molecule has 0 atom stereocenters. The lowest BCUT2D eigenvalue weighted by molar-refractivity contribution is 0.627. The van der Waals surface area contributed by atoms with E-state index in [1.165, 1.54) is 16.8 Å². The number of hydrogen-bond acceptors (Lipinski definition) is 4. The zero-order valence-electron chi connectivity index (χ0n) is 9.86. The first kappa shape index (κ1) is 11.3. The average molecular weight is 255 g/mol. The maximum absolute atomic E-state index is 12.9. The van der Waals surface area contributed by atoms with E-state index < -0.39 is 0 Å². The lowest BCUT2D eigenvalue weighted by Gasteiger charge is -2.03. The van der Waals surface area contributed by atoms with E-state index in [2.05, 4.69) is 15.3 Å². The van der Waals surface area contributed by atoms with E-state index in [4.69, 9.17) is 5.73 Å². The Morgan fingerprint density at radius 3 is 2.53 bits per heavy atom. The average Bonchev–Trinajstić information content (AvgIpc) is 2.83. The summed E-state index contributed by atoms with van der Waals surface area (Å²) in [6.07, 6.45) is 1.66. The number of halogens is 1. The molecule has 0 saturated carbocycles. The number of hydrogen-bond donors (Lipinski definition) is 1. The number of nitrogen functional groups attached to an aromatic ring is 1. The number of rotatable bonds is 2. The number of aromatic nitrogens is 4. The third kappa shape index (κ3) is 2.03. The molecule has 6 heteroatoms. The molecule has 0 spiro atoms. The van der Waals surface area contributed by atoms with Crippen molar-refractivity contribution in [3.8, 4) is 17.1 Å². The summed E-state index contributed by atoms with van der Waals surface area (Å²) < 4.78 is 14.3. The first-order valence-corrected chi connectivity index (χ1v) is 5.64. The fraction of sp³-hybridized carbons (Fsp3) is 0. The molecule has 19 heavy (non-hydrogen) atoms. The minimum absolute atomic E-state index is 0.313. The van der Waals surface area contributed by atoms with Gasteiger partial charge in [-0.3, -0.25) is 4.98 Å². The molecule has 2 heterocycles. The molecule has 0 amide bonds. The maximum atomic E-state index is 12.9. The Morgan fingerprint density at radius 1 is 1.05 bits per heavy atom. The van der Waals surface area contributed by atoms with E-state index in [-0.39, 0.29) is 5.82 Å². The van der Waals surface area contributed by atoms with Crippen LogP contribution in [0.2, 0.25) is 0 Å². The summed E-state index contributed by atoms with van der Waals surface area (Å²) in [4.78, 5) is 4.18. The van der Waals surface area contributed by atoms with Gasteiger partial charge in [0.1, 0.15) is 5.82 Å². The van der Waals surface area contributed by atoms with Gasteiger partial charge >= 0.3 is 0 Å². The third-order valence-corrected chi connectivity index (χ3v) is 2.68. The van der Waals surface area contributed by atoms with Crippen LogP contribution in [-0.2, 0) is 0 Å². The summed E-state index contributed by atoms with van der Waals surface area (Å²) in [5.74, 6) is 0.0534. The van der Waals surface area contributed by atoms with Gasteiger partial charge in [0.15, 0.2) is 11.5 Å². The summed E-state index contributed by atoms with van der Waals surface area (Å²) in [5, 5.41) is 7.99. The molecular weight excluding hydrogens is 245 g/mol. The highest BCUT2D eigenvalue weighted by Gasteiger charge is 2.13. The molecule has 5 nitrogen and oxygen atoms in total. The van der Waals surface area contributed by atoms with Crippen molar-refractivity contribution in [3.05, 3.63) is 54.5 Å². The first-order chi connectivity index (χ1) is 9.25. The standard InChI is InChI=1S/C13H10FN5/c14-9-4-6-10(7-5-9)19-13(15)12(17-18-19)11-3-1-2-8-16-11/h1-8H,15H2. The number of pyridine rings is 1. The molecule has 2 N–H and O–H groups in total. The van der Waals surface area contributed by atoms with Crippen molar-refractivity contribution < 1.29 is 4.39 Å². The second-order valence-corrected chi connectivity index (χ2v) is 3.93. The van der Waals surface area contributed by atoms with E-state index in [9.17, 15) is 4.39 Å². The minimum atomic E-state index is -0.313. The smallest absolute Gasteiger partial charge is 0.157 e. The molecule has 2 aromatic heterocycles. The van der Waals surface area contributed by atoms with Crippen molar-refractivity contribution in [1.82, 2.24) is 20.0 Å². The van der Waals surface area contributed by atoms with Crippen molar-refractivity contribution >= 4 is 5.82 Å². The third-order valence-electron chi connectivity index (χ3n) is 2.68. The summed E-state index contributed by atoms with van der Waals surface area (Å²) in [5.41, 5.74) is 7.81. The van der Waals surface area contributed by atoms with Gasteiger partial charge in [0.2, 0.25) is 0 Å². The van der Waals surface area contributed by atoms with E-state index in [0.717, 1.165) is 0 Å². The van der Waals surface area contributed by atoms with Gasteiger partial charge in [-0.1, -0.05) is 11.3 Å². The fourth-order valence-electron chi connectivity index (χ4n) is 1.75. The van der Waals surface area contributed by atoms with E-state index in [1.54, 1.807) is 24.4 Å². The quantitative estimate of drug-likeness (QED) is 0.760. The highest BCUT2D eigenvalue weighted by atomic mass is 19.1. The number of nitrogens with two attached hydrogens (primary N) is 1. The monoisotopic (exact) mass is 255 g/mol. The predicted octanol–water partition coefficient (Wildman–Crippen LogP) is 2.05. The van der Waals surface area contributed by atoms with Crippen molar-refractivity contribution in [2.75, 3.05) is 5.73 Å². The molecule has 0 fully saturated rings. The number of anilines is 1. The molecule has 3 rings (SSSR count). The molecule has 0 saturated heterocycles. The maximum Gasteiger partial charge on any atom is 0.157 e. The second kappa shape index (κ2) is 4.49. The van der Waals surface area contributed by atoms with Crippen LogP contribution >= 0.6 is 0 Å². The Kier molecular flexibility index (Phi) is 2.68. The van der Waals surface area contributed by atoms with Crippen LogP contribution < -0.4 is 5.73 Å². The minimum Gasteiger partial charge on any atom is -0.382 e. The van der Waals surface area contributed by atoms with Crippen molar-refractivity contribution in [3.63, 3.8) is 0 Å². The summed E-state index contributed by atoms with van der Waals surface area (Å²) in [7, 11) is 0. The summed E-state index contributed by atoms with van der Waals surface area (Å²) >= 11 is 0. The second-order valence-electron chi connectivity index (χ2n) is 3.93. The van der Waals surface area contributed by atoms with Crippen LogP contribution in [0.5, 0.6) is 0 Å². The number of nitrogens with zero attached hydrogens (tertiary/aromatic N) is 4. The molecule has 0 aliphatic carbocycles. The van der Waals surface area contributed by atoms with Gasteiger partial charge in [0.25, 0.3) is 0 Å². The number of benzene rings is 1. The Labute approximate surface area is 108 Å². The van der Waals surface area contributed by atoms with Gasteiger partial charge in [0, 0.05) is 6.20 Å². The van der Waals surface area contributed by atoms with Crippen LogP contribution in [0, 0.1) is 5.82 Å². The van der Waals surface area contributed by atoms with E-state index >= 15 is 0 Å².